The normalized spacial score (nSPS) is 17.7. The molecule has 1 aromatic carbocycles. The van der Waals surface area contributed by atoms with Gasteiger partial charge in [-0.1, -0.05) is 30.3 Å². The molecule has 6 nitrogen and oxygen atoms in total. The van der Waals surface area contributed by atoms with Crippen molar-refractivity contribution in [1.29, 1.82) is 0 Å². The fourth-order valence-electron chi connectivity index (χ4n) is 3.12. The quantitative estimate of drug-likeness (QED) is 0.645. The maximum Gasteiger partial charge on any atom is 0.193 e. The summed E-state index contributed by atoms with van der Waals surface area (Å²) in [6.07, 6.45) is 5.12. The van der Waals surface area contributed by atoms with Crippen molar-refractivity contribution in [2.24, 2.45) is 10.9 Å². The zero-order valence-corrected chi connectivity index (χ0v) is 15.1. The second kappa shape index (κ2) is 8.67. The van der Waals surface area contributed by atoms with Crippen LogP contribution < -0.4 is 5.32 Å². The summed E-state index contributed by atoms with van der Waals surface area (Å²) in [6.45, 7) is 4.20. The fraction of sp³-hybridized carbons (Fsp3) is 0.474. The molecule has 1 saturated heterocycles. The van der Waals surface area contributed by atoms with Gasteiger partial charge in [0.2, 0.25) is 0 Å². The van der Waals surface area contributed by atoms with Crippen LogP contribution in [0.25, 0.3) is 0 Å². The molecule has 0 saturated carbocycles. The van der Waals surface area contributed by atoms with E-state index in [0.29, 0.717) is 12.5 Å². The SMILES string of the molecule is CN=C(NCc1cnn(Cc2ccccc2)c1)N(C)CC1CCOC1. The van der Waals surface area contributed by atoms with E-state index in [-0.39, 0.29) is 0 Å². The van der Waals surface area contributed by atoms with E-state index in [2.05, 4.69) is 57.8 Å². The summed E-state index contributed by atoms with van der Waals surface area (Å²) in [5, 5.41) is 7.87. The molecule has 0 amide bonds. The lowest BCUT2D eigenvalue weighted by Gasteiger charge is -2.24. The number of hydrogen-bond donors (Lipinski definition) is 1. The standard InChI is InChI=1S/C19H27N5O/c1-20-19(23(2)12-17-8-9-25-15-17)21-10-18-11-22-24(14-18)13-16-6-4-3-5-7-16/h3-7,11,14,17H,8-10,12-13,15H2,1-2H3,(H,20,21). The van der Waals surface area contributed by atoms with Crippen LogP contribution in [0.4, 0.5) is 0 Å². The first kappa shape index (κ1) is 17.5. The molecule has 6 heteroatoms. The van der Waals surface area contributed by atoms with Gasteiger partial charge in [-0.05, 0) is 12.0 Å². The van der Waals surface area contributed by atoms with E-state index in [4.69, 9.17) is 4.74 Å². The highest BCUT2D eigenvalue weighted by atomic mass is 16.5. The molecule has 0 spiro atoms. The average Bonchev–Trinajstić information content (AvgIpc) is 3.28. The molecule has 0 radical (unpaired) electrons. The Morgan fingerprint density at radius 3 is 2.92 bits per heavy atom. The summed E-state index contributed by atoms with van der Waals surface area (Å²) < 4.78 is 7.42. The number of nitrogens with one attached hydrogen (secondary N) is 1. The smallest absolute Gasteiger partial charge is 0.193 e. The van der Waals surface area contributed by atoms with E-state index >= 15 is 0 Å². The van der Waals surface area contributed by atoms with Gasteiger partial charge in [-0.3, -0.25) is 9.67 Å². The first-order chi connectivity index (χ1) is 12.2. The third kappa shape index (κ3) is 5.06. The Kier molecular flexibility index (Phi) is 6.06. The molecule has 1 unspecified atom stereocenters. The lowest BCUT2D eigenvalue weighted by molar-refractivity contribution is 0.181. The highest BCUT2D eigenvalue weighted by Gasteiger charge is 2.19. The minimum Gasteiger partial charge on any atom is -0.381 e. The van der Waals surface area contributed by atoms with Crippen LogP contribution in [0.3, 0.4) is 0 Å². The molecule has 134 valence electrons. The third-order valence-corrected chi connectivity index (χ3v) is 4.45. The van der Waals surface area contributed by atoms with E-state index < -0.39 is 0 Å². The van der Waals surface area contributed by atoms with Crippen LogP contribution in [0.15, 0.2) is 47.7 Å². The number of guanidine groups is 1. The molecule has 1 aromatic heterocycles. The van der Waals surface area contributed by atoms with Crippen molar-refractivity contribution in [3.63, 3.8) is 0 Å². The van der Waals surface area contributed by atoms with E-state index in [1.165, 1.54) is 5.56 Å². The first-order valence-electron chi connectivity index (χ1n) is 8.79. The number of ether oxygens (including phenoxy) is 1. The number of aromatic nitrogens is 2. The van der Waals surface area contributed by atoms with Crippen molar-refractivity contribution in [2.75, 3.05) is 33.9 Å². The van der Waals surface area contributed by atoms with Crippen molar-refractivity contribution >= 4 is 5.96 Å². The van der Waals surface area contributed by atoms with Gasteiger partial charge in [0.15, 0.2) is 5.96 Å². The zero-order valence-electron chi connectivity index (χ0n) is 15.1. The molecule has 1 N–H and O–H groups in total. The number of aliphatic imine (C=N–C) groups is 1. The molecule has 1 aliphatic heterocycles. The van der Waals surface area contributed by atoms with Gasteiger partial charge in [0.05, 0.1) is 19.3 Å². The summed E-state index contributed by atoms with van der Waals surface area (Å²) in [4.78, 5) is 6.56. The molecule has 2 heterocycles. The van der Waals surface area contributed by atoms with Gasteiger partial charge >= 0.3 is 0 Å². The molecule has 1 fully saturated rings. The van der Waals surface area contributed by atoms with Gasteiger partial charge in [0, 0.05) is 51.5 Å². The Labute approximate surface area is 149 Å². The van der Waals surface area contributed by atoms with Crippen LogP contribution in [-0.2, 0) is 17.8 Å². The van der Waals surface area contributed by atoms with Crippen LogP contribution in [0, 0.1) is 5.92 Å². The number of rotatable bonds is 6. The zero-order chi connectivity index (χ0) is 17.5. The largest absolute Gasteiger partial charge is 0.381 e. The molecule has 0 aliphatic carbocycles. The van der Waals surface area contributed by atoms with Crippen LogP contribution in [-0.4, -0.2) is 54.5 Å². The molecule has 1 atom stereocenters. The summed E-state index contributed by atoms with van der Waals surface area (Å²) >= 11 is 0. The van der Waals surface area contributed by atoms with E-state index in [9.17, 15) is 0 Å². The minimum atomic E-state index is 0.595. The Bertz CT molecular complexity index is 676. The van der Waals surface area contributed by atoms with E-state index in [1.54, 1.807) is 0 Å². The maximum absolute atomic E-state index is 5.45. The van der Waals surface area contributed by atoms with E-state index in [1.807, 2.05) is 24.0 Å². The van der Waals surface area contributed by atoms with Gasteiger partial charge in [-0.2, -0.15) is 5.10 Å². The Morgan fingerprint density at radius 1 is 1.36 bits per heavy atom. The van der Waals surface area contributed by atoms with Crippen LogP contribution in [0.2, 0.25) is 0 Å². The molecule has 1 aliphatic rings. The van der Waals surface area contributed by atoms with Gasteiger partial charge < -0.3 is 15.0 Å². The van der Waals surface area contributed by atoms with Crippen molar-refractivity contribution in [2.45, 2.75) is 19.5 Å². The van der Waals surface area contributed by atoms with Crippen molar-refractivity contribution in [3.8, 4) is 0 Å². The Morgan fingerprint density at radius 2 is 2.20 bits per heavy atom. The highest BCUT2D eigenvalue weighted by molar-refractivity contribution is 5.79. The Balaban J connectivity index is 1.50. The van der Waals surface area contributed by atoms with Gasteiger partial charge in [0.1, 0.15) is 0 Å². The molecule has 0 bridgehead atoms. The molecular formula is C19H27N5O. The van der Waals surface area contributed by atoms with Gasteiger partial charge in [0.25, 0.3) is 0 Å². The second-order valence-electron chi connectivity index (χ2n) is 6.54. The van der Waals surface area contributed by atoms with Crippen LogP contribution in [0.1, 0.15) is 17.5 Å². The predicted molar refractivity (Wildman–Crippen MR) is 99.5 cm³/mol. The molecule has 25 heavy (non-hydrogen) atoms. The summed E-state index contributed by atoms with van der Waals surface area (Å²) in [5.41, 5.74) is 2.40. The fourth-order valence-corrected chi connectivity index (χ4v) is 3.12. The minimum absolute atomic E-state index is 0.595. The molecular weight excluding hydrogens is 314 g/mol. The maximum atomic E-state index is 5.45. The first-order valence-corrected chi connectivity index (χ1v) is 8.79. The second-order valence-corrected chi connectivity index (χ2v) is 6.54. The number of benzene rings is 1. The van der Waals surface area contributed by atoms with Crippen LogP contribution in [0.5, 0.6) is 0 Å². The summed E-state index contributed by atoms with van der Waals surface area (Å²) in [6, 6.07) is 10.4. The predicted octanol–water partition coefficient (Wildman–Crippen LogP) is 1.98. The Hall–Kier alpha value is -2.34. The topological polar surface area (TPSA) is 54.7 Å². The number of hydrogen-bond acceptors (Lipinski definition) is 3. The highest BCUT2D eigenvalue weighted by Crippen LogP contribution is 2.13. The van der Waals surface area contributed by atoms with Crippen molar-refractivity contribution < 1.29 is 4.74 Å². The lowest BCUT2D eigenvalue weighted by Crippen LogP contribution is -2.41. The van der Waals surface area contributed by atoms with Gasteiger partial charge in [-0.15, -0.1) is 0 Å². The van der Waals surface area contributed by atoms with Crippen molar-refractivity contribution in [3.05, 3.63) is 53.9 Å². The average molecular weight is 341 g/mol. The third-order valence-electron chi connectivity index (χ3n) is 4.45. The molecule has 2 aromatic rings. The monoisotopic (exact) mass is 341 g/mol. The summed E-state index contributed by atoms with van der Waals surface area (Å²) in [5.74, 6) is 1.50. The van der Waals surface area contributed by atoms with Crippen molar-refractivity contribution in [1.82, 2.24) is 20.0 Å². The summed E-state index contributed by atoms with van der Waals surface area (Å²) in [7, 11) is 3.90. The van der Waals surface area contributed by atoms with Gasteiger partial charge in [-0.25, -0.2) is 0 Å². The lowest BCUT2D eigenvalue weighted by atomic mass is 10.1. The number of nitrogens with zero attached hydrogens (tertiary/aromatic N) is 4. The van der Waals surface area contributed by atoms with E-state index in [0.717, 1.165) is 44.2 Å². The van der Waals surface area contributed by atoms with Crippen LogP contribution >= 0.6 is 0 Å². The molecule has 3 rings (SSSR count).